The maximum Gasteiger partial charge on any atom is 0.121 e. The van der Waals surface area contributed by atoms with Crippen molar-refractivity contribution in [1.29, 1.82) is 0 Å². The Kier molecular flexibility index (Phi) is 7.07. The molecule has 4 aromatic carbocycles. The lowest BCUT2D eigenvalue weighted by Crippen LogP contribution is -1.91. The second-order valence-electron chi connectivity index (χ2n) is 11.2. The lowest BCUT2D eigenvalue weighted by Gasteiger charge is -2.10. The van der Waals surface area contributed by atoms with Gasteiger partial charge in [0.05, 0.1) is 6.10 Å². The second-order valence-corrected chi connectivity index (χ2v) is 11.2. The first-order valence-electron chi connectivity index (χ1n) is 13.7. The quantitative estimate of drug-likeness (QED) is 0.256. The summed E-state index contributed by atoms with van der Waals surface area (Å²) in [6.07, 6.45) is 3.94. The normalized spacial score (nSPS) is 17.5. The first-order valence-corrected chi connectivity index (χ1v) is 13.7. The van der Waals surface area contributed by atoms with E-state index in [4.69, 9.17) is 0 Å². The SMILES string of the molecule is Cc1cc(-c2ccc3c(c2)CC[C@@H]3C)cc(C)c1O.Cc1cc(-c2ccc3c(c2)CC[C@@H]3O)cc(C)c1O. The Bertz CT molecular complexity index is 1350. The highest BCUT2D eigenvalue weighted by Crippen LogP contribution is 2.37. The molecule has 2 atom stereocenters. The van der Waals surface area contributed by atoms with Crippen molar-refractivity contribution in [1.82, 2.24) is 0 Å². The molecule has 0 fully saturated rings. The first-order chi connectivity index (χ1) is 18.1. The van der Waals surface area contributed by atoms with Crippen LogP contribution in [-0.4, -0.2) is 15.3 Å². The minimum absolute atomic E-state index is 0.299. The number of fused-ring (bicyclic) bond motifs is 2. The zero-order valence-electron chi connectivity index (χ0n) is 23.1. The fraction of sp³-hybridized carbons (Fsp3) is 0.314. The molecule has 0 radical (unpaired) electrons. The number of rotatable bonds is 2. The summed E-state index contributed by atoms with van der Waals surface area (Å²) in [5, 5.41) is 29.5. The third-order valence-electron chi connectivity index (χ3n) is 8.36. The van der Waals surface area contributed by atoms with E-state index in [2.05, 4.69) is 49.4 Å². The standard InChI is InChI=1S/C18H20O.C17H18O2/c1-11-4-5-15-10-14(6-7-17(11)15)16-8-12(2)18(19)13(3)9-16;1-10-7-14(8-11(2)17(10)19)12-3-5-15-13(9-12)4-6-16(15)18/h6-11,19H,4-5H2,1-3H3;3,5,7-9,16,18-19H,4,6H2,1-2H3/t11-;16-/m00/s1. The minimum atomic E-state index is -0.299. The Labute approximate surface area is 226 Å². The molecule has 0 saturated heterocycles. The van der Waals surface area contributed by atoms with Crippen molar-refractivity contribution in [2.75, 3.05) is 0 Å². The van der Waals surface area contributed by atoms with Crippen LogP contribution in [0.25, 0.3) is 22.3 Å². The van der Waals surface area contributed by atoms with Gasteiger partial charge in [-0.25, -0.2) is 0 Å². The lowest BCUT2D eigenvalue weighted by molar-refractivity contribution is 0.180. The van der Waals surface area contributed by atoms with Crippen LogP contribution in [0.3, 0.4) is 0 Å². The van der Waals surface area contributed by atoms with Crippen molar-refractivity contribution < 1.29 is 15.3 Å². The Hall–Kier alpha value is -3.56. The molecule has 2 aliphatic carbocycles. The number of benzene rings is 4. The summed E-state index contributed by atoms with van der Waals surface area (Å²) in [7, 11) is 0. The van der Waals surface area contributed by atoms with Crippen LogP contribution in [0.1, 0.15) is 76.3 Å². The van der Waals surface area contributed by atoms with Crippen LogP contribution in [0.5, 0.6) is 11.5 Å². The van der Waals surface area contributed by atoms with Gasteiger partial charge in [-0.2, -0.15) is 0 Å². The zero-order valence-corrected chi connectivity index (χ0v) is 23.1. The van der Waals surface area contributed by atoms with Gasteiger partial charge in [-0.1, -0.05) is 43.3 Å². The summed E-state index contributed by atoms with van der Waals surface area (Å²) in [5.74, 6) is 1.49. The Morgan fingerprint density at radius 3 is 1.47 bits per heavy atom. The average Bonchev–Trinajstić information content (AvgIpc) is 3.47. The van der Waals surface area contributed by atoms with E-state index in [0.29, 0.717) is 17.4 Å². The highest BCUT2D eigenvalue weighted by molar-refractivity contribution is 5.70. The smallest absolute Gasteiger partial charge is 0.121 e. The number of aromatic hydroxyl groups is 2. The van der Waals surface area contributed by atoms with E-state index >= 15 is 0 Å². The third kappa shape index (κ3) is 4.96. The number of phenols is 2. The minimum Gasteiger partial charge on any atom is -0.507 e. The van der Waals surface area contributed by atoms with E-state index in [-0.39, 0.29) is 6.10 Å². The molecule has 2 aliphatic rings. The van der Waals surface area contributed by atoms with Gasteiger partial charge in [-0.3, -0.25) is 0 Å². The molecule has 0 heterocycles. The van der Waals surface area contributed by atoms with Crippen LogP contribution in [0.4, 0.5) is 0 Å². The summed E-state index contributed by atoms with van der Waals surface area (Å²) in [4.78, 5) is 0. The number of hydrogen-bond donors (Lipinski definition) is 3. The topological polar surface area (TPSA) is 60.7 Å². The zero-order chi connectivity index (χ0) is 27.1. The molecule has 196 valence electrons. The molecule has 4 aromatic rings. The molecule has 0 aliphatic heterocycles. The molecule has 3 N–H and O–H groups in total. The molecule has 0 aromatic heterocycles. The van der Waals surface area contributed by atoms with Crippen molar-refractivity contribution >= 4 is 0 Å². The van der Waals surface area contributed by atoms with Gasteiger partial charge in [0.25, 0.3) is 0 Å². The molecule has 6 rings (SSSR count). The first kappa shape index (κ1) is 26.1. The summed E-state index contributed by atoms with van der Waals surface area (Å²) >= 11 is 0. The molecule has 0 spiro atoms. The van der Waals surface area contributed by atoms with Gasteiger partial charge in [-0.05, 0) is 150 Å². The highest BCUT2D eigenvalue weighted by Gasteiger charge is 2.21. The molecule has 0 saturated carbocycles. The maximum absolute atomic E-state index is 9.87. The van der Waals surface area contributed by atoms with E-state index in [1.807, 2.05) is 45.9 Å². The fourth-order valence-electron chi connectivity index (χ4n) is 6.03. The number of phenolic OH excluding ortho intramolecular Hbond substituents is 2. The van der Waals surface area contributed by atoms with Crippen molar-refractivity contribution in [2.45, 2.75) is 72.3 Å². The molecule has 0 amide bonds. The largest absolute Gasteiger partial charge is 0.507 e. The monoisotopic (exact) mass is 506 g/mol. The second kappa shape index (κ2) is 10.3. The van der Waals surface area contributed by atoms with Crippen molar-refractivity contribution in [3.63, 3.8) is 0 Å². The maximum atomic E-state index is 9.87. The molecular weight excluding hydrogens is 468 g/mol. The number of hydrogen-bond acceptors (Lipinski definition) is 3. The third-order valence-corrected chi connectivity index (χ3v) is 8.36. The van der Waals surface area contributed by atoms with Gasteiger partial charge in [0.1, 0.15) is 11.5 Å². The number of aliphatic hydroxyl groups excluding tert-OH is 1. The van der Waals surface area contributed by atoms with E-state index in [1.54, 1.807) is 0 Å². The van der Waals surface area contributed by atoms with E-state index < -0.39 is 0 Å². The van der Waals surface area contributed by atoms with Crippen LogP contribution in [0.15, 0.2) is 60.7 Å². The van der Waals surface area contributed by atoms with Crippen LogP contribution in [0.2, 0.25) is 0 Å². The summed E-state index contributed by atoms with van der Waals surface area (Å²) in [6, 6.07) is 21.2. The molecule has 3 nitrogen and oxygen atoms in total. The van der Waals surface area contributed by atoms with E-state index in [1.165, 1.54) is 40.7 Å². The molecular formula is C35H38O3. The summed E-state index contributed by atoms with van der Waals surface area (Å²) in [6.45, 7) is 10.1. The van der Waals surface area contributed by atoms with Crippen molar-refractivity contribution in [3.05, 3.63) is 105 Å². The van der Waals surface area contributed by atoms with Gasteiger partial charge in [0.2, 0.25) is 0 Å². The lowest BCUT2D eigenvalue weighted by atomic mass is 9.96. The van der Waals surface area contributed by atoms with Crippen LogP contribution >= 0.6 is 0 Å². The summed E-state index contributed by atoms with van der Waals surface area (Å²) in [5.41, 5.74) is 13.7. The van der Waals surface area contributed by atoms with Gasteiger partial charge in [0, 0.05) is 0 Å². The molecule has 0 bridgehead atoms. The highest BCUT2D eigenvalue weighted by atomic mass is 16.3. The number of aliphatic hydroxyl groups is 1. The van der Waals surface area contributed by atoms with Gasteiger partial charge < -0.3 is 15.3 Å². The van der Waals surface area contributed by atoms with Gasteiger partial charge in [0.15, 0.2) is 0 Å². The predicted molar refractivity (Wildman–Crippen MR) is 156 cm³/mol. The van der Waals surface area contributed by atoms with Crippen LogP contribution < -0.4 is 0 Å². The van der Waals surface area contributed by atoms with Crippen molar-refractivity contribution in [2.24, 2.45) is 0 Å². The average molecular weight is 507 g/mol. The van der Waals surface area contributed by atoms with Crippen LogP contribution in [-0.2, 0) is 12.8 Å². The molecule has 38 heavy (non-hydrogen) atoms. The Morgan fingerprint density at radius 2 is 0.974 bits per heavy atom. The molecule has 3 heteroatoms. The van der Waals surface area contributed by atoms with Crippen molar-refractivity contribution in [3.8, 4) is 33.8 Å². The van der Waals surface area contributed by atoms with Crippen LogP contribution in [0, 0.1) is 27.7 Å². The Balaban J connectivity index is 0.000000155. The molecule has 0 unspecified atom stereocenters. The summed E-state index contributed by atoms with van der Waals surface area (Å²) < 4.78 is 0. The number of aryl methyl sites for hydroxylation is 6. The van der Waals surface area contributed by atoms with E-state index in [0.717, 1.165) is 51.8 Å². The Morgan fingerprint density at radius 1 is 0.553 bits per heavy atom. The fourth-order valence-corrected chi connectivity index (χ4v) is 6.03. The van der Waals surface area contributed by atoms with Gasteiger partial charge >= 0.3 is 0 Å². The van der Waals surface area contributed by atoms with E-state index in [9.17, 15) is 15.3 Å². The van der Waals surface area contributed by atoms with Gasteiger partial charge in [-0.15, -0.1) is 0 Å². The predicted octanol–water partition coefficient (Wildman–Crippen LogP) is 8.38.